The third-order valence-electron chi connectivity index (χ3n) is 2.20. The number of aromatic carboxylic acids is 1. The van der Waals surface area contributed by atoms with Gasteiger partial charge in [0.05, 0.1) is 6.61 Å². The highest BCUT2D eigenvalue weighted by Crippen LogP contribution is 2.11. The number of rotatable bonds is 4. The summed E-state index contributed by atoms with van der Waals surface area (Å²) in [5.41, 5.74) is 0.690. The first-order valence-electron chi connectivity index (χ1n) is 5.28. The van der Waals surface area contributed by atoms with Gasteiger partial charge in [0.1, 0.15) is 0 Å². The molecular formula is C10H12N4O3. The lowest BCUT2D eigenvalue weighted by atomic mass is 10.3. The molecule has 0 fully saturated rings. The van der Waals surface area contributed by atoms with E-state index in [0.717, 1.165) is 0 Å². The van der Waals surface area contributed by atoms with Crippen LogP contribution in [0.25, 0.3) is 5.78 Å². The molecule has 0 aliphatic rings. The monoisotopic (exact) mass is 236 g/mol. The molecule has 2 aromatic rings. The maximum Gasteiger partial charge on any atom is 0.354 e. The molecule has 0 saturated carbocycles. The highest BCUT2D eigenvalue weighted by Gasteiger charge is 2.15. The fourth-order valence-corrected chi connectivity index (χ4v) is 1.42. The smallest absolute Gasteiger partial charge is 0.354 e. The van der Waals surface area contributed by atoms with Crippen molar-refractivity contribution < 1.29 is 14.6 Å². The summed E-state index contributed by atoms with van der Waals surface area (Å²) in [6.07, 6.45) is 0.633. The molecule has 17 heavy (non-hydrogen) atoms. The van der Waals surface area contributed by atoms with Crippen LogP contribution in [0.1, 0.15) is 30.0 Å². The van der Waals surface area contributed by atoms with Crippen molar-refractivity contribution in [2.24, 2.45) is 0 Å². The van der Waals surface area contributed by atoms with Gasteiger partial charge < -0.3 is 9.84 Å². The Morgan fingerprint density at radius 3 is 2.82 bits per heavy atom. The summed E-state index contributed by atoms with van der Waals surface area (Å²) in [5.74, 6) is -0.828. The van der Waals surface area contributed by atoms with Crippen molar-refractivity contribution in [3.8, 4) is 6.01 Å². The van der Waals surface area contributed by atoms with Crippen LogP contribution < -0.4 is 4.74 Å². The minimum absolute atomic E-state index is 0.0327. The van der Waals surface area contributed by atoms with Crippen LogP contribution in [0.3, 0.4) is 0 Å². The van der Waals surface area contributed by atoms with Crippen molar-refractivity contribution in [1.82, 2.24) is 19.6 Å². The molecule has 2 aromatic heterocycles. The predicted molar refractivity (Wildman–Crippen MR) is 58.3 cm³/mol. The Labute approximate surface area is 97.1 Å². The number of carboxylic acids is 1. The van der Waals surface area contributed by atoms with Gasteiger partial charge in [-0.3, -0.25) is 0 Å². The molecular weight excluding hydrogens is 224 g/mol. The van der Waals surface area contributed by atoms with Gasteiger partial charge in [0.15, 0.2) is 5.69 Å². The first-order valence-corrected chi connectivity index (χ1v) is 5.28. The van der Waals surface area contributed by atoms with Crippen LogP contribution in [0.15, 0.2) is 6.07 Å². The van der Waals surface area contributed by atoms with Gasteiger partial charge in [-0.05, 0) is 19.4 Å². The summed E-state index contributed by atoms with van der Waals surface area (Å²) in [6, 6.07) is 1.62. The molecule has 0 radical (unpaired) electrons. The molecule has 0 aliphatic carbocycles. The van der Waals surface area contributed by atoms with E-state index in [1.807, 2.05) is 6.92 Å². The summed E-state index contributed by atoms with van der Waals surface area (Å²) in [5, 5.41) is 13.0. The van der Waals surface area contributed by atoms with Gasteiger partial charge in [-0.2, -0.15) is 9.50 Å². The lowest BCUT2D eigenvalue weighted by Gasteiger charge is -2.00. The summed E-state index contributed by atoms with van der Waals surface area (Å²) in [4.78, 5) is 19.3. The number of carbonyl (C=O) groups is 1. The molecule has 0 saturated heterocycles. The Bertz CT molecular complexity index is 564. The Morgan fingerprint density at radius 2 is 2.24 bits per heavy atom. The van der Waals surface area contributed by atoms with E-state index in [4.69, 9.17) is 9.84 Å². The normalized spacial score (nSPS) is 10.7. The van der Waals surface area contributed by atoms with E-state index in [9.17, 15) is 4.79 Å². The molecule has 0 unspecified atom stereocenters. The third kappa shape index (κ3) is 2.03. The number of aromatic nitrogens is 4. The van der Waals surface area contributed by atoms with E-state index in [1.54, 1.807) is 6.92 Å². The average Bonchev–Trinajstić information content (AvgIpc) is 2.69. The van der Waals surface area contributed by atoms with Crippen LogP contribution in [-0.2, 0) is 6.42 Å². The molecule has 0 bridgehead atoms. The number of fused-ring (bicyclic) bond motifs is 1. The summed E-state index contributed by atoms with van der Waals surface area (Å²) in [7, 11) is 0. The van der Waals surface area contributed by atoms with Crippen molar-refractivity contribution in [1.29, 1.82) is 0 Å². The third-order valence-corrected chi connectivity index (χ3v) is 2.20. The lowest BCUT2D eigenvalue weighted by Crippen LogP contribution is -2.09. The van der Waals surface area contributed by atoms with Gasteiger partial charge >= 0.3 is 12.0 Å². The standard InChI is InChI=1S/C10H12N4O3/c1-3-6-5-7(8(15)16)14-9(11-6)12-10(13-14)17-4-2/h5H,3-4H2,1-2H3,(H,15,16). The Balaban J connectivity index is 2.64. The molecule has 0 aliphatic heterocycles. The fraction of sp³-hybridized carbons (Fsp3) is 0.400. The molecule has 7 heteroatoms. The molecule has 90 valence electrons. The molecule has 1 N–H and O–H groups in total. The molecule has 2 heterocycles. The van der Waals surface area contributed by atoms with E-state index in [0.29, 0.717) is 18.7 Å². The van der Waals surface area contributed by atoms with Crippen LogP contribution in [0.2, 0.25) is 0 Å². The summed E-state index contributed by atoms with van der Waals surface area (Å²) in [6.45, 7) is 4.11. The largest absolute Gasteiger partial charge is 0.477 e. The Hall–Kier alpha value is -2.18. The van der Waals surface area contributed by atoms with Gasteiger partial charge in [-0.1, -0.05) is 6.92 Å². The molecule has 0 aromatic carbocycles. The minimum atomic E-state index is -1.07. The first kappa shape index (κ1) is 11.3. The minimum Gasteiger partial charge on any atom is -0.477 e. The van der Waals surface area contributed by atoms with Crippen molar-refractivity contribution in [3.05, 3.63) is 17.5 Å². The average molecular weight is 236 g/mol. The lowest BCUT2D eigenvalue weighted by molar-refractivity contribution is 0.0687. The van der Waals surface area contributed by atoms with E-state index in [1.165, 1.54) is 10.6 Å². The number of hydrogen-bond acceptors (Lipinski definition) is 5. The highest BCUT2D eigenvalue weighted by molar-refractivity contribution is 5.86. The van der Waals surface area contributed by atoms with Gasteiger partial charge in [-0.25, -0.2) is 9.78 Å². The van der Waals surface area contributed by atoms with Gasteiger partial charge in [0.25, 0.3) is 5.78 Å². The summed E-state index contributed by atoms with van der Waals surface area (Å²) < 4.78 is 6.30. The maximum absolute atomic E-state index is 11.1. The van der Waals surface area contributed by atoms with E-state index in [-0.39, 0.29) is 17.5 Å². The van der Waals surface area contributed by atoms with E-state index >= 15 is 0 Å². The molecule has 0 spiro atoms. The van der Waals surface area contributed by atoms with Crippen LogP contribution in [0.5, 0.6) is 6.01 Å². The van der Waals surface area contributed by atoms with Gasteiger partial charge in [-0.15, -0.1) is 5.10 Å². The number of aryl methyl sites for hydroxylation is 1. The summed E-state index contributed by atoms with van der Waals surface area (Å²) >= 11 is 0. The zero-order valence-corrected chi connectivity index (χ0v) is 9.54. The highest BCUT2D eigenvalue weighted by atomic mass is 16.5. The van der Waals surface area contributed by atoms with E-state index < -0.39 is 5.97 Å². The van der Waals surface area contributed by atoms with Crippen LogP contribution in [0, 0.1) is 0 Å². The van der Waals surface area contributed by atoms with Crippen molar-refractivity contribution in [2.45, 2.75) is 20.3 Å². The predicted octanol–water partition coefficient (Wildman–Crippen LogP) is 0.784. The molecule has 0 amide bonds. The molecule has 0 atom stereocenters. The fourth-order valence-electron chi connectivity index (χ4n) is 1.42. The number of carboxylic acid groups (broad SMARTS) is 1. The van der Waals surface area contributed by atoms with Crippen molar-refractivity contribution in [3.63, 3.8) is 0 Å². The molecule has 7 nitrogen and oxygen atoms in total. The second kappa shape index (κ2) is 4.36. The number of nitrogens with zero attached hydrogens (tertiary/aromatic N) is 4. The number of hydrogen-bond donors (Lipinski definition) is 1. The first-order chi connectivity index (χ1) is 8.15. The SMILES string of the molecule is CCOc1nc2nc(CC)cc(C(=O)O)n2n1. The Morgan fingerprint density at radius 1 is 1.47 bits per heavy atom. The molecule has 2 rings (SSSR count). The quantitative estimate of drug-likeness (QED) is 0.843. The van der Waals surface area contributed by atoms with E-state index in [2.05, 4.69) is 15.1 Å². The van der Waals surface area contributed by atoms with Gasteiger partial charge in [0, 0.05) is 5.69 Å². The second-order valence-corrected chi connectivity index (χ2v) is 3.33. The van der Waals surface area contributed by atoms with Crippen LogP contribution >= 0.6 is 0 Å². The zero-order chi connectivity index (χ0) is 12.4. The van der Waals surface area contributed by atoms with Crippen molar-refractivity contribution in [2.75, 3.05) is 6.61 Å². The van der Waals surface area contributed by atoms with Crippen molar-refractivity contribution >= 4 is 11.7 Å². The zero-order valence-electron chi connectivity index (χ0n) is 9.54. The maximum atomic E-state index is 11.1. The van der Waals surface area contributed by atoms with Gasteiger partial charge in [0.2, 0.25) is 0 Å². The second-order valence-electron chi connectivity index (χ2n) is 3.33. The van der Waals surface area contributed by atoms with Crippen LogP contribution in [-0.4, -0.2) is 37.3 Å². The number of ether oxygens (including phenoxy) is 1. The van der Waals surface area contributed by atoms with Crippen LogP contribution in [0.4, 0.5) is 0 Å². The topological polar surface area (TPSA) is 89.6 Å². The Kier molecular flexibility index (Phi) is 2.90.